The second-order valence-electron chi connectivity index (χ2n) is 7.16. The molecule has 1 N–H and O–H groups in total. The number of aromatic nitrogens is 3. The summed E-state index contributed by atoms with van der Waals surface area (Å²) in [5, 5.41) is 11.8. The number of amides is 2. The lowest BCUT2D eigenvalue weighted by Gasteiger charge is -2.26. The van der Waals surface area contributed by atoms with Gasteiger partial charge in [0.05, 0.1) is 18.0 Å². The van der Waals surface area contributed by atoms with Gasteiger partial charge < -0.3 is 10.2 Å². The fourth-order valence-electron chi connectivity index (χ4n) is 3.28. The number of carbonyl (C=O) groups excluding carboxylic acids is 2. The van der Waals surface area contributed by atoms with Crippen molar-refractivity contribution >= 4 is 23.6 Å². The average molecular weight is 402 g/mol. The smallest absolute Gasteiger partial charge is 0.241 e. The normalized spacial score (nSPS) is 14.2. The van der Waals surface area contributed by atoms with Crippen LogP contribution < -0.4 is 5.32 Å². The molecule has 2 heterocycles. The zero-order valence-corrected chi connectivity index (χ0v) is 17.5. The molecule has 1 saturated heterocycles. The van der Waals surface area contributed by atoms with Crippen LogP contribution in [0.1, 0.15) is 36.2 Å². The lowest BCUT2D eigenvalue weighted by atomic mass is 10.1. The molecule has 2 aromatic rings. The Morgan fingerprint density at radius 3 is 2.61 bits per heavy atom. The molecule has 1 aromatic heterocycles. The Kier molecular flexibility index (Phi) is 6.72. The van der Waals surface area contributed by atoms with Gasteiger partial charge in [-0.2, -0.15) is 0 Å². The molecule has 0 atom stereocenters. The highest BCUT2D eigenvalue weighted by atomic mass is 32.2. The molecule has 3 rings (SSSR count). The van der Waals surface area contributed by atoms with Crippen LogP contribution in [0.25, 0.3) is 5.69 Å². The summed E-state index contributed by atoms with van der Waals surface area (Å²) in [7, 11) is 0. The number of hydrogen-bond acceptors (Lipinski definition) is 5. The van der Waals surface area contributed by atoms with Crippen molar-refractivity contribution in [2.75, 3.05) is 25.4 Å². The third kappa shape index (κ3) is 4.92. The summed E-state index contributed by atoms with van der Waals surface area (Å²) in [5.41, 5.74) is 3.29. The van der Waals surface area contributed by atoms with E-state index in [1.807, 2.05) is 30.2 Å². The molecule has 0 aliphatic carbocycles. The summed E-state index contributed by atoms with van der Waals surface area (Å²) in [4.78, 5) is 26.2. The minimum atomic E-state index is -0.177. The molecule has 8 heteroatoms. The van der Waals surface area contributed by atoms with E-state index < -0.39 is 0 Å². The summed E-state index contributed by atoms with van der Waals surface area (Å²) < 4.78 is 1.97. The quantitative estimate of drug-likeness (QED) is 0.752. The van der Waals surface area contributed by atoms with Crippen LogP contribution in [0, 0.1) is 20.8 Å². The van der Waals surface area contributed by atoms with E-state index in [1.165, 1.54) is 18.2 Å². The Labute approximate surface area is 169 Å². The van der Waals surface area contributed by atoms with Crippen molar-refractivity contribution in [3.63, 3.8) is 0 Å². The van der Waals surface area contributed by atoms with Crippen molar-refractivity contribution < 1.29 is 9.59 Å². The van der Waals surface area contributed by atoms with Gasteiger partial charge in [0.1, 0.15) is 5.82 Å². The number of nitrogens with one attached hydrogen (secondary N) is 1. The van der Waals surface area contributed by atoms with Gasteiger partial charge in [-0.1, -0.05) is 23.9 Å². The molecule has 0 unspecified atom stereocenters. The first-order valence-electron chi connectivity index (χ1n) is 9.62. The molecular weight excluding hydrogens is 374 g/mol. The van der Waals surface area contributed by atoms with Crippen molar-refractivity contribution in [2.45, 2.75) is 45.2 Å². The van der Waals surface area contributed by atoms with Crippen LogP contribution in [0.3, 0.4) is 0 Å². The van der Waals surface area contributed by atoms with Gasteiger partial charge in [-0.25, -0.2) is 0 Å². The number of nitrogens with zero attached hydrogens (tertiary/aromatic N) is 4. The number of hydrogen-bond donors (Lipinski definition) is 1. The molecule has 1 aromatic carbocycles. The summed E-state index contributed by atoms with van der Waals surface area (Å²) in [6.07, 6.45) is 3.26. The third-order valence-electron chi connectivity index (χ3n) is 4.88. The molecule has 0 saturated carbocycles. The van der Waals surface area contributed by atoms with Crippen molar-refractivity contribution in [1.29, 1.82) is 0 Å². The maximum atomic E-state index is 12.2. The van der Waals surface area contributed by atoms with E-state index >= 15 is 0 Å². The molecule has 150 valence electrons. The van der Waals surface area contributed by atoms with Crippen molar-refractivity contribution in [3.05, 3.63) is 35.2 Å². The van der Waals surface area contributed by atoms with E-state index in [4.69, 9.17) is 0 Å². The van der Waals surface area contributed by atoms with Gasteiger partial charge >= 0.3 is 0 Å². The highest BCUT2D eigenvalue weighted by molar-refractivity contribution is 7.99. The Morgan fingerprint density at radius 2 is 1.86 bits per heavy atom. The van der Waals surface area contributed by atoms with Crippen LogP contribution in [0.4, 0.5) is 0 Å². The fourth-order valence-corrected chi connectivity index (χ4v) is 4.10. The van der Waals surface area contributed by atoms with E-state index in [0.29, 0.717) is 5.16 Å². The lowest BCUT2D eigenvalue weighted by molar-refractivity contribution is -0.133. The van der Waals surface area contributed by atoms with E-state index in [2.05, 4.69) is 33.7 Å². The van der Waals surface area contributed by atoms with Crippen LogP contribution in [0.2, 0.25) is 0 Å². The second kappa shape index (κ2) is 9.23. The zero-order valence-electron chi connectivity index (χ0n) is 16.7. The molecule has 28 heavy (non-hydrogen) atoms. The first-order chi connectivity index (χ1) is 13.5. The SMILES string of the molecule is Cc1ccc(C)c(-n2c(C)nnc2SCC(=O)NCC(=O)N2CCCCC2)c1. The Hall–Kier alpha value is -2.35. The van der Waals surface area contributed by atoms with Crippen LogP contribution >= 0.6 is 11.8 Å². The lowest BCUT2D eigenvalue weighted by Crippen LogP contribution is -2.42. The minimum Gasteiger partial charge on any atom is -0.346 e. The van der Waals surface area contributed by atoms with Gasteiger partial charge in [0.2, 0.25) is 11.8 Å². The number of carbonyl (C=O) groups is 2. The summed E-state index contributed by atoms with van der Waals surface area (Å²) in [6.45, 7) is 7.63. The van der Waals surface area contributed by atoms with Crippen molar-refractivity contribution in [1.82, 2.24) is 25.0 Å². The highest BCUT2D eigenvalue weighted by Crippen LogP contribution is 2.24. The monoisotopic (exact) mass is 401 g/mol. The van der Waals surface area contributed by atoms with Gasteiger partial charge in [-0.05, 0) is 57.2 Å². The molecule has 1 aliphatic rings. The Bertz CT molecular complexity index is 858. The van der Waals surface area contributed by atoms with E-state index in [1.54, 1.807) is 0 Å². The van der Waals surface area contributed by atoms with Crippen LogP contribution in [0.15, 0.2) is 23.4 Å². The molecule has 0 radical (unpaired) electrons. The summed E-state index contributed by atoms with van der Waals surface area (Å²) in [6, 6.07) is 6.22. The van der Waals surface area contributed by atoms with E-state index in [-0.39, 0.29) is 24.1 Å². The standard InChI is InChI=1S/C20H27N5O2S/c1-14-7-8-15(2)17(11-14)25-16(3)22-23-20(25)28-13-18(26)21-12-19(27)24-9-5-4-6-10-24/h7-8,11H,4-6,9-10,12-13H2,1-3H3,(H,21,26). The second-order valence-corrected chi connectivity index (χ2v) is 8.10. The molecular formula is C20H27N5O2S. The van der Waals surface area contributed by atoms with Crippen LogP contribution in [-0.2, 0) is 9.59 Å². The predicted octanol–water partition coefficient (Wildman–Crippen LogP) is 2.41. The largest absolute Gasteiger partial charge is 0.346 e. The summed E-state index contributed by atoms with van der Waals surface area (Å²) in [5.74, 6) is 0.781. The molecule has 2 amide bonds. The van der Waals surface area contributed by atoms with Gasteiger partial charge in [0.15, 0.2) is 5.16 Å². The molecule has 0 bridgehead atoms. The van der Waals surface area contributed by atoms with Crippen LogP contribution in [-0.4, -0.2) is 56.9 Å². The van der Waals surface area contributed by atoms with Crippen molar-refractivity contribution in [2.24, 2.45) is 0 Å². The van der Waals surface area contributed by atoms with Gasteiger partial charge in [0, 0.05) is 13.1 Å². The van der Waals surface area contributed by atoms with E-state index in [9.17, 15) is 9.59 Å². The van der Waals surface area contributed by atoms with Crippen molar-refractivity contribution in [3.8, 4) is 5.69 Å². The minimum absolute atomic E-state index is 0.00699. The number of benzene rings is 1. The first-order valence-corrected chi connectivity index (χ1v) is 10.6. The summed E-state index contributed by atoms with van der Waals surface area (Å²) >= 11 is 1.33. The number of piperidine rings is 1. The molecule has 7 nitrogen and oxygen atoms in total. The van der Waals surface area contributed by atoms with Gasteiger partial charge in [-0.3, -0.25) is 14.2 Å². The number of rotatable bonds is 6. The Morgan fingerprint density at radius 1 is 1.11 bits per heavy atom. The molecule has 1 aliphatic heterocycles. The number of aryl methyl sites for hydroxylation is 3. The zero-order chi connectivity index (χ0) is 20.1. The van der Waals surface area contributed by atoms with Gasteiger partial charge in [0.25, 0.3) is 0 Å². The first kappa shape index (κ1) is 20.4. The highest BCUT2D eigenvalue weighted by Gasteiger charge is 2.18. The maximum absolute atomic E-state index is 12.2. The topological polar surface area (TPSA) is 80.1 Å². The fraction of sp³-hybridized carbons (Fsp3) is 0.500. The maximum Gasteiger partial charge on any atom is 0.241 e. The van der Waals surface area contributed by atoms with Gasteiger partial charge in [-0.15, -0.1) is 10.2 Å². The third-order valence-corrected chi connectivity index (χ3v) is 5.81. The number of likely N-dealkylation sites (tertiary alicyclic amines) is 1. The van der Waals surface area contributed by atoms with E-state index in [0.717, 1.165) is 48.6 Å². The molecule has 0 spiro atoms. The average Bonchev–Trinajstić information content (AvgIpc) is 3.07. The predicted molar refractivity (Wildman–Crippen MR) is 110 cm³/mol. The molecule has 1 fully saturated rings. The van der Waals surface area contributed by atoms with Crippen LogP contribution in [0.5, 0.6) is 0 Å². The Balaban J connectivity index is 1.58. The number of thioether (sulfide) groups is 1.